The summed E-state index contributed by atoms with van der Waals surface area (Å²) >= 11 is 0. The molecule has 0 atom stereocenters. The summed E-state index contributed by atoms with van der Waals surface area (Å²) in [7, 11) is 0. The Labute approximate surface area is 128 Å². The van der Waals surface area contributed by atoms with Gasteiger partial charge >= 0.3 is 0 Å². The molecule has 107 valence electrons. The van der Waals surface area contributed by atoms with E-state index in [9.17, 15) is 0 Å². The van der Waals surface area contributed by atoms with Gasteiger partial charge in [-0.1, -0.05) is 74.4 Å². The van der Waals surface area contributed by atoms with Gasteiger partial charge in [0.2, 0.25) is 0 Å². The minimum atomic E-state index is 1.10. The quantitative estimate of drug-likeness (QED) is 0.622. The van der Waals surface area contributed by atoms with E-state index in [1.807, 2.05) is 0 Å². The van der Waals surface area contributed by atoms with Crippen molar-refractivity contribution in [3.63, 3.8) is 0 Å². The van der Waals surface area contributed by atoms with E-state index in [4.69, 9.17) is 0 Å². The maximum absolute atomic E-state index is 2.34. The molecule has 1 aliphatic rings. The molecule has 0 saturated carbocycles. The van der Waals surface area contributed by atoms with Crippen LogP contribution in [0, 0.1) is 6.42 Å². The van der Waals surface area contributed by atoms with Crippen molar-refractivity contribution in [3.05, 3.63) is 71.1 Å². The van der Waals surface area contributed by atoms with Crippen LogP contribution in [0.15, 0.2) is 48.0 Å². The maximum Gasteiger partial charge on any atom is 0.0164 e. The third-order valence-corrected chi connectivity index (χ3v) is 4.30. The monoisotopic (exact) mass is 275 g/mol. The van der Waals surface area contributed by atoms with Gasteiger partial charge in [0.05, 0.1) is 0 Å². The molecular weight excluding hydrogens is 252 g/mol. The maximum atomic E-state index is 2.34. The highest BCUT2D eigenvalue weighted by Gasteiger charge is 2.15. The highest BCUT2D eigenvalue weighted by molar-refractivity contribution is 5.83. The van der Waals surface area contributed by atoms with Crippen molar-refractivity contribution in [2.45, 2.75) is 39.5 Å². The Morgan fingerprint density at radius 3 is 2.43 bits per heavy atom. The predicted octanol–water partition coefficient (Wildman–Crippen LogP) is 6.06. The van der Waals surface area contributed by atoms with Gasteiger partial charge < -0.3 is 0 Å². The standard InChI is InChI=1S/C21H23/c1-3-5-7-17-10-12-18(13-11-17)20-9-6-8-19-14-16(4-2)15-21(19)20/h6,8-15H,3-5,7H2,1-2H3. The fraction of sp³-hybridized carbons (Fsp3) is 0.286. The van der Waals surface area contributed by atoms with Crippen LogP contribution in [0.1, 0.15) is 49.8 Å². The van der Waals surface area contributed by atoms with Crippen LogP contribution < -0.4 is 0 Å². The van der Waals surface area contributed by atoms with Crippen molar-refractivity contribution in [2.24, 2.45) is 0 Å². The zero-order valence-electron chi connectivity index (χ0n) is 13.0. The van der Waals surface area contributed by atoms with E-state index in [-0.39, 0.29) is 0 Å². The van der Waals surface area contributed by atoms with Gasteiger partial charge in [-0.2, -0.15) is 0 Å². The molecule has 2 aromatic rings. The molecule has 1 aliphatic carbocycles. The van der Waals surface area contributed by atoms with E-state index >= 15 is 0 Å². The van der Waals surface area contributed by atoms with Crippen LogP contribution >= 0.6 is 0 Å². The average Bonchev–Trinajstić information content (AvgIpc) is 2.96. The molecule has 0 aliphatic heterocycles. The number of rotatable bonds is 5. The molecule has 0 N–H and O–H groups in total. The molecule has 0 saturated heterocycles. The lowest BCUT2D eigenvalue weighted by atomic mass is 9.96. The normalized spacial score (nSPS) is 13.1. The minimum Gasteiger partial charge on any atom is -0.0654 e. The summed E-state index contributed by atoms with van der Waals surface area (Å²) in [5, 5.41) is 0. The van der Waals surface area contributed by atoms with Gasteiger partial charge in [-0.05, 0) is 47.1 Å². The number of benzene rings is 2. The molecule has 0 nitrogen and oxygen atoms in total. The smallest absolute Gasteiger partial charge is 0.0164 e. The highest BCUT2D eigenvalue weighted by Crippen LogP contribution is 2.36. The molecule has 0 amide bonds. The Morgan fingerprint density at radius 1 is 0.905 bits per heavy atom. The van der Waals surface area contributed by atoms with E-state index in [0.717, 1.165) is 6.42 Å². The first-order chi connectivity index (χ1) is 10.3. The molecule has 0 fully saturated rings. The number of allylic oxidation sites excluding steroid dienone is 1. The second-order valence-corrected chi connectivity index (χ2v) is 5.83. The second-order valence-electron chi connectivity index (χ2n) is 5.83. The number of hydrogen-bond acceptors (Lipinski definition) is 0. The van der Waals surface area contributed by atoms with Crippen molar-refractivity contribution in [2.75, 3.05) is 0 Å². The van der Waals surface area contributed by atoms with E-state index < -0.39 is 0 Å². The van der Waals surface area contributed by atoms with Crippen LogP contribution in [0.4, 0.5) is 0 Å². The van der Waals surface area contributed by atoms with Crippen LogP contribution in [0.5, 0.6) is 0 Å². The lowest BCUT2D eigenvalue weighted by Crippen LogP contribution is -1.88. The fourth-order valence-corrected chi connectivity index (χ4v) is 2.98. The second kappa shape index (κ2) is 6.30. The van der Waals surface area contributed by atoms with E-state index in [1.54, 1.807) is 0 Å². The molecule has 1 radical (unpaired) electrons. The average molecular weight is 275 g/mol. The van der Waals surface area contributed by atoms with Crippen molar-refractivity contribution in [1.82, 2.24) is 0 Å². The largest absolute Gasteiger partial charge is 0.0654 e. The van der Waals surface area contributed by atoms with Crippen LogP contribution in [-0.2, 0) is 6.42 Å². The van der Waals surface area contributed by atoms with Gasteiger partial charge in [0.15, 0.2) is 0 Å². The van der Waals surface area contributed by atoms with Gasteiger partial charge in [-0.15, -0.1) is 0 Å². The first-order valence-electron chi connectivity index (χ1n) is 8.09. The number of unbranched alkanes of at least 4 members (excludes halogenated alkanes) is 1. The van der Waals surface area contributed by atoms with Gasteiger partial charge in [0.25, 0.3) is 0 Å². The van der Waals surface area contributed by atoms with Crippen molar-refractivity contribution in [1.29, 1.82) is 0 Å². The summed E-state index contributed by atoms with van der Waals surface area (Å²) in [6.45, 7) is 4.46. The van der Waals surface area contributed by atoms with Crippen LogP contribution in [0.25, 0.3) is 17.2 Å². The topological polar surface area (TPSA) is 0 Å². The molecule has 0 bridgehead atoms. The molecule has 0 heteroatoms. The summed E-state index contributed by atoms with van der Waals surface area (Å²) < 4.78 is 0. The van der Waals surface area contributed by atoms with Gasteiger partial charge in [0.1, 0.15) is 0 Å². The summed E-state index contributed by atoms with van der Waals surface area (Å²) in [6.07, 6.45) is 9.48. The number of fused-ring (bicyclic) bond motifs is 1. The molecule has 3 rings (SSSR count). The third kappa shape index (κ3) is 2.95. The van der Waals surface area contributed by atoms with Crippen molar-refractivity contribution in [3.8, 4) is 11.1 Å². The first-order valence-corrected chi connectivity index (χ1v) is 8.09. The zero-order chi connectivity index (χ0) is 14.7. The SMILES string of the molecule is CCCCc1ccc(-c2cccc3c2C=C(CC)[CH]3)cc1. The Bertz CT molecular complexity index is 644. The Morgan fingerprint density at radius 2 is 1.71 bits per heavy atom. The zero-order valence-corrected chi connectivity index (χ0v) is 13.0. The minimum absolute atomic E-state index is 1.10. The van der Waals surface area contributed by atoms with Crippen LogP contribution in [0.3, 0.4) is 0 Å². The van der Waals surface area contributed by atoms with Crippen LogP contribution in [-0.4, -0.2) is 0 Å². The Hall–Kier alpha value is -1.82. The van der Waals surface area contributed by atoms with Crippen LogP contribution in [0.2, 0.25) is 0 Å². The van der Waals surface area contributed by atoms with Crippen molar-refractivity contribution >= 4 is 6.08 Å². The van der Waals surface area contributed by atoms with E-state index in [2.05, 4.69) is 68.8 Å². The lowest BCUT2D eigenvalue weighted by molar-refractivity contribution is 0.795. The number of hydrogen-bond donors (Lipinski definition) is 0. The summed E-state index contributed by atoms with van der Waals surface area (Å²) in [5.41, 5.74) is 8.31. The Balaban J connectivity index is 1.91. The Kier molecular flexibility index (Phi) is 4.24. The first kappa shape index (κ1) is 14.1. The fourth-order valence-electron chi connectivity index (χ4n) is 2.98. The number of aryl methyl sites for hydroxylation is 1. The van der Waals surface area contributed by atoms with Gasteiger partial charge in [-0.25, -0.2) is 0 Å². The molecule has 0 aromatic heterocycles. The summed E-state index contributed by atoms with van der Waals surface area (Å²) in [6, 6.07) is 15.7. The molecule has 0 spiro atoms. The van der Waals surface area contributed by atoms with E-state index in [0.29, 0.717) is 0 Å². The third-order valence-electron chi connectivity index (χ3n) is 4.30. The summed E-state index contributed by atoms with van der Waals surface area (Å²) in [4.78, 5) is 0. The summed E-state index contributed by atoms with van der Waals surface area (Å²) in [5.74, 6) is 0. The lowest BCUT2D eigenvalue weighted by Gasteiger charge is -2.09. The van der Waals surface area contributed by atoms with Gasteiger partial charge in [0, 0.05) is 6.42 Å². The highest BCUT2D eigenvalue weighted by atomic mass is 14.2. The molecule has 0 unspecified atom stereocenters. The molecule has 21 heavy (non-hydrogen) atoms. The van der Waals surface area contributed by atoms with E-state index in [1.165, 1.54) is 52.7 Å². The predicted molar refractivity (Wildman–Crippen MR) is 92.2 cm³/mol. The molecular formula is C21H23. The molecule has 2 aromatic carbocycles. The van der Waals surface area contributed by atoms with Crippen molar-refractivity contribution < 1.29 is 0 Å². The molecule has 0 heterocycles. The van der Waals surface area contributed by atoms with Gasteiger partial charge in [-0.3, -0.25) is 0 Å².